The van der Waals surface area contributed by atoms with E-state index < -0.39 is 11.5 Å². The maximum Gasteiger partial charge on any atom is 0.249 e. The lowest BCUT2D eigenvalue weighted by Crippen LogP contribution is -2.42. The van der Waals surface area contributed by atoms with Crippen LogP contribution in [0.4, 0.5) is 0 Å². The Morgan fingerprint density at radius 2 is 2.00 bits per heavy atom. The molecule has 1 aromatic rings. The number of amides is 1. The summed E-state index contributed by atoms with van der Waals surface area (Å²) in [5, 5.41) is 10.2. The number of carbonyl (C=O) groups is 1. The minimum absolute atomic E-state index is 0.194. The molecular formula is C10H12ClNO2. The van der Waals surface area contributed by atoms with Crippen LogP contribution in [-0.2, 0) is 11.2 Å². The SMILES string of the molecule is CC(O)(Cc1ccc(Cl)cc1)C(N)=O. The first-order valence-corrected chi connectivity index (χ1v) is 4.56. The minimum Gasteiger partial charge on any atom is -0.380 e. The highest BCUT2D eigenvalue weighted by atomic mass is 35.5. The van der Waals surface area contributed by atoms with Crippen molar-refractivity contribution in [1.82, 2.24) is 0 Å². The van der Waals surface area contributed by atoms with Gasteiger partial charge in [-0.05, 0) is 24.6 Å². The summed E-state index contributed by atoms with van der Waals surface area (Å²) in [5.74, 6) is -0.729. The predicted molar refractivity (Wildman–Crippen MR) is 55.0 cm³/mol. The third-order valence-electron chi connectivity index (χ3n) is 1.99. The summed E-state index contributed by atoms with van der Waals surface area (Å²) in [6.07, 6.45) is 0.194. The van der Waals surface area contributed by atoms with Gasteiger partial charge in [-0.25, -0.2) is 0 Å². The van der Waals surface area contributed by atoms with Gasteiger partial charge in [-0.3, -0.25) is 4.79 Å². The number of benzene rings is 1. The van der Waals surface area contributed by atoms with Crippen LogP contribution in [0.3, 0.4) is 0 Å². The van der Waals surface area contributed by atoms with Crippen LogP contribution in [0.25, 0.3) is 0 Å². The van der Waals surface area contributed by atoms with Gasteiger partial charge in [0.1, 0.15) is 5.60 Å². The zero-order chi connectivity index (χ0) is 10.8. The van der Waals surface area contributed by atoms with Crippen LogP contribution in [0.15, 0.2) is 24.3 Å². The first-order chi connectivity index (χ1) is 6.42. The summed E-state index contributed by atoms with van der Waals surface area (Å²) in [7, 11) is 0. The van der Waals surface area contributed by atoms with Gasteiger partial charge in [-0.2, -0.15) is 0 Å². The van der Waals surface area contributed by atoms with Gasteiger partial charge in [0.15, 0.2) is 0 Å². The second-order valence-corrected chi connectivity index (χ2v) is 3.88. The van der Waals surface area contributed by atoms with E-state index in [0.29, 0.717) is 5.02 Å². The van der Waals surface area contributed by atoms with Gasteiger partial charge in [0.2, 0.25) is 5.91 Å². The minimum atomic E-state index is -1.51. The van der Waals surface area contributed by atoms with E-state index in [9.17, 15) is 9.90 Å². The normalized spacial score (nSPS) is 14.8. The van der Waals surface area contributed by atoms with Crippen molar-refractivity contribution in [2.24, 2.45) is 5.73 Å². The Labute approximate surface area is 87.5 Å². The Morgan fingerprint density at radius 3 is 2.43 bits per heavy atom. The lowest BCUT2D eigenvalue weighted by Gasteiger charge is -2.18. The molecule has 1 amide bonds. The van der Waals surface area contributed by atoms with Crippen LogP contribution in [0, 0.1) is 0 Å². The molecule has 0 aliphatic heterocycles. The number of nitrogens with two attached hydrogens (primary N) is 1. The van der Waals surface area contributed by atoms with E-state index in [2.05, 4.69) is 0 Å². The first kappa shape index (κ1) is 11.0. The summed E-state index contributed by atoms with van der Waals surface area (Å²) in [4.78, 5) is 10.8. The van der Waals surface area contributed by atoms with Gasteiger partial charge in [-0.15, -0.1) is 0 Å². The number of halogens is 1. The molecule has 0 spiro atoms. The molecule has 0 aromatic heterocycles. The van der Waals surface area contributed by atoms with Gasteiger partial charge in [0.05, 0.1) is 0 Å². The first-order valence-electron chi connectivity index (χ1n) is 4.18. The van der Waals surface area contributed by atoms with Crippen LogP contribution < -0.4 is 5.73 Å². The van der Waals surface area contributed by atoms with Crippen molar-refractivity contribution in [2.45, 2.75) is 18.9 Å². The quantitative estimate of drug-likeness (QED) is 0.791. The average Bonchev–Trinajstić information content (AvgIpc) is 2.08. The molecular weight excluding hydrogens is 202 g/mol. The monoisotopic (exact) mass is 213 g/mol. The van der Waals surface area contributed by atoms with Crippen LogP contribution >= 0.6 is 11.6 Å². The zero-order valence-electron chi connectivity index (χ0n) is 7.83. The van der Waals surface area contributed by atoms with Crippen molar-refractivity contribution >= 4 is 17.5 Å². The molecule has 1 rings (SSSR count). The van der Waals surface area contributed by atoms with E-state index in [1.165, 1.54) is 6.92 Å². The van der Waals surface area contributed by atoms with Gasteiger partial charge in [-0.1, -0.05) is 23.7 Å². The highest BCUT2D eigenvalue weighted by molar-refractivity contribution is 6.30. The topological polar surface area (TPSA) is 63.3 Å². The third kappa shape index (κ3) is 2.72. The van der Waals surface area contributed by atoms with Crippen molar-refractivity contribution in [3.8, 4) is 0 Å². The van der Waals surface area contributed by atoms with E-state index in [1.54, 1.807) is 24.3 Å². The molecule has 1 aromatic carbocycles. The lowest BCUT2D eigenvalue weighted by atomic mass is 9.96. The predicted octanol–water partition coefficient (Wildman–Crippen LogP) is 1.12. The zero-order valence-corrected chi connectivity index (χ0v) is 8.58. The highest BCUT2D eigenvalue weighted by Crippen LogP contribution is 2.15. The molecule has 0 saturated heterocycles. The Balaban J connectivity index is 2.79. The Hall–Kier alpha value is -1.06. The van der Waals surface area contributed by atoms with Crippen molar-refractivity contribution in [2.75, 3.05) is 0 Å². The fourth-order valence-electron chi connectivity index (χ4n) is 1.09. The molecule has 0 aliphatic carbocycles. The summed E-state index contributed by atoms with van der Waals surface area (Å²) in [5.41, 5.74) is 4.34. The number of rotatable bonds is 3. The maximum atomic E-state index is 10.8. The molecule has 0 bridgehead atoms. The van der Waals surface area contributed by atoms with Crippen LogP contribution in [0.2, 0.25) is 5.02 Å². The number of hydrogen-bond acceptors (Lipinski definition) is 2. The summed E-state index contributed by atoms with van der Waals surface area (Å²) >= 11 is 5.69. The molecule has 0 saturated carbocycles. The lowest BCUT2D eigenvalue weighted by molar-refractivity contribution is -0.134. The molecule has 0 aliphatic rings. The smallest absolute Gasteiger partial charge is 0.249 e. The largest absolute Gasteiger partial charge is 0.380 e. The molecule has 3 N–H and O–H groups in total. The van der Waals surface area contributed by atoms with Crippen LogP contribution in [-0.4, -0.2) is 16.6 Å². The van der Waals surface area contributed by atoms with Gasteiger partial charge >= 0.3 is 0 Å². The fraction of sp³-hybridized carbons (Fsp3) is 0.300. The molecule has 0 radical (unpaired) electrons. The standard InChI is InChI=1S/C10H12ClNO2/c1-10(14,9(12)13)6-7-2-4-8(11)5-3-7/h2-5,14H,6H2,1H3,(H2,12,13). The van der Waals surface area contributed by atoms with Crippen molar-refractivity contribution in [1.29, 1.82) is 0 Å². The molecule has 4 heteroatoms. The molecule has 14 heavy (non-hydrogen) atoms. The fourth-order valence-corrected chi connectivity index (χ4v) is 1.21. The molecule has 1 unspecified atom stereocenters. The molecule has 1 atom stereocenters. The van der Waals surface area contributed by atoms with Crippen molar-refractivity contribution in [3.05, 3.63) is 34.9 Å². The van der Waals surface area contributed by atoms with Crippen LogP contribution in [0.1, 0.15) is 12.5 Å². The number of hydrogen-bond donors (Lipinski definition) is 2. The number of primary amides is 1. The van der Waals surface area contributed by atoms with E-state index in [1.807, 2.05) is 0 Å². The second-order valence-electron chi connectivity index (χ2n) is 3.44. The third-order valence-corrected chi connectivity index (χ3v) is 2.24. The van der Waals surface area contributed by atoms with Crippen molar-refractivity contribution < 1.29 is 9.90 Å². The molecule has 3 nitrogen and oxygen atoms in total. The highest BCUT2D eigenvalue weighted by Gasteiger charge is 2.27. The van der Waals surface area contributed by atoms with E-state index >= 15 is 0 Å². The Bertz CT molecular complexity index is 332. The van der Waals surface area contributed by atoms with Crippen LogP contribution in [0.5, 0.6) is 0 Å². The second kappa shape index (κ2) is 3.98. The Morgan fingerprint density at radius 1 is 1.50 bits per heavy atom. The molecule has 0 fully saturated rings. The van der Waals surface area contributed by atoms with Gasteiger partial charge in [0.25, 0.3) is 0 Å². The summed E-state index contributed by atoms with van der Waals surface area (Å²) in [6.45, 7) is 1.39. The van der Waals surface area contributed by atoms with E-state index in [4.69, 9.17) is 17.3 Å². The number of carbonyl (C=O) groups excluding carboxylic acids is 1. The number of aliphatic hydroxyl groups is 1. The van der Waals surface area contributed by atoms with E-state index in [0.717, 1.165) is 5.56 Å². The maximum absolute atomic E-state index is 10.8. The summed E-state index contributed by atoms with van der Waals surface area (Å²) < 4.78 is 0. The summed E-state index contributed by atoms with van der Waals surface area (Å²) in [6, 6.07) is 6.90. The van der Waals surface area contributed by atoms with Gasteiger partial charge in [0, 0.05) is 11.4 Å². The van der Waals surface area contributed by atoms with Gasteiger partial charge < -0.3 is 10.8 Å². The molecule has 0 heterocycles. The van der Waals surface area contributed by atoms with Crippen molar-refractivity contribution in [3.63, 3.8) is 0 Å². The Kier molecular flexibility index (Phi) is 3.13. The average molecular weight is 214 g/mol. The molecule has 76 valence electrons. The van der Waals surface area contributed by atoms with E-state index in [-0.39, 0.29) is 6.42 Å².